The van der Waals surface area contributed by atoms with Crippen molar-refractivity contribution < 1.29 is 18.3 Å². The third-order valence-corrected chi connectivity index (χ3v) is 4.91. The fraction of sp³-hybridized carbons (Fsp3) is 0.611. The van der Waals surface area contributed by atoms with Gasteiger partial charge in [0, 0.05) is 32.3 Å². The van der Waals surface area contributed by atoms with Gasteiger partial charge in [0.25, 0.3) is 5.91 Å². The van der Waals surface area contributed by atoms with E-state index in [9.17, 15) is 13.6 Å². The Hall–Kier alpha value is -1.53. The van der Waals surface area contributed by atoms with Crippen LogP contribution in [0, 0.1) is 11.6 Å². The molecule has 2 fully saturated rings. The van der Waals surface area contributed by atoms with Gasteiger partial charge in [0.1, 0.15) is 11.6 Å². The molecule has 3 rings (SSSR count). The monoisotopic (exact) mass is 338 g/mol. The molecule has 2 aliphatic heterocycles. The van der Waals surface area contributed by atoms with Crippen LogP contribution in [0.3, 0.4) is 0 Å². The summed E-state index contributed by atoms with van der Waals surface area (Å²) in [4.78, 5) is 16.9. The van der Waals surface area contributed by atoms with Crippen LogP contribution in [-0.2, 0) is 4.74 Å². The summed E-state index contributed by atoms with van der Waals surface area (Å²) in [6, 6.07) is 3.08. The Morgan fingerprint density at radius 1 is 1.21 bits per heavy atom. The lowest BCUT2D eigenvalue weighted by Crippen LogP contribution is -2.47. The second kappa shape index (κ2) is 8.03. The maximum Gasteiger partial charge on any atom is 0.257 e. The Morgan fingerprint density at radius 3 is 2.62 bits per heavy atom. The van der Waals surface area contributed by atoms with Crippen LogP contribution in [0.5, 0.6) is 0 Å². The number of benzene rings is 1. The van der Waals surface area contributed by atoms with E-state index in [0.717, 1.165) is 50.7 Å². The second-order valence-electron chi connectivity index (χ2n) is 6.52. The average molecular weight is 338 g/mol. The minimum absolute atomic E-state index is 0.0246. The summed E-state index contributed by atoms with van der Waals surface area (Å²) in [5.74, 6) is -1.68. The molecule has 6 heteroatoms. The van der Waals surface area contributed by atoms with Gasteiger partial charge in [-0.05, 0) is 57.0 Å². The SMILES string of the molecule is O=C(c1cc(F)ccc1F)N(CCN1CCCC1)C1CCOCC1. The van der Waals surface area contributed by atoms with Crippen molar-refractivity contribution >= 4 is 5.91 Å². The Morgan fingerprint density at radius 2 is 1.92 bits per heavy atom. The summed E-state index contributed by atoms with van der Waals surface area (Å²) < 4.78 is 32.9. The van der Waals surface area contributed by atoms with Gasteiger partial charge >= 0.3 is 0 Å². The number of hydrogen-bond acceptors (Lipinski definition) is 3. The molecule has 132 valence electrons. The number of likely N-dealkylation sites (tertiary alicyclic amines) is 1. The highest BCUT2D eigenvalue weighted by molar-refractivity contribution is 5.94. The number of ether oxygens (including phenoxy) is 1. The van der Waals surface area contributed by atoms with Crippen molar-refractivity contribution in [2.24, 2.45) is 0 Å². The van der Waals surface area contributed by atoms with E-state index in [1.54, 1.807) is 4.90 Å². The van der Waals surface area contributed by atoms with Gasteiger partial charge < -0.3 is 14.5 Å². The lowest BCUT2D eigenvalue weighted by atomic mass is 10.0. The minimum Gasteiger partial charge on any atom is -0.381 e. The summed E-state index contributed by atoms with van der Waals surface area (Å²) >= 11 is 0. The van der Waals surface area contributed by atoms with Crippen LogP contribution in [0.25, 0.3) is 0 Å². The molecule has 2 heterocycles. The molecule has 4 nitrogen and oxygen atoms in total. The Labute approximate surface area is 141 Å². The fourth-order valence-corrected chi connectivity index (χ4v) is 3.52. The predicted molar refractivity (Wildman–Crippen MR) is 86.9 cm³/mol. The number of nitrogens with zero attached hydrogens (tertiary/aromatic N) is 2. The van der Waals surface area contributed by atoms with Crippen LogP contribution >= 0.6 is 0 Å². The molecule has 2 saturated heterocycles. The molecular weight excluding hydrogens is 314 g/mol. The first-order valence-corrected chi connectivity index (χ1v) is 8.71. The maximum absolute atomic E-state index is 14.0. The van der Waals surface area contributed by atoms with Crippen LogP contribution in [0.1, 0.15) is 36.0 Å². The summed E-state index contributed by atoms with van der Waals surface area (Å²) in [6.45, 7) is 4.61. The molecular formula is C18H24F2N2O2. The molecule has 0 atom stereocenters. The van der Waals surface area contributed by atoms with Crippen molar-refractivity contribution in [3.63, 3.8) is 0 Å². The lowest BCUT2D eigenvalue weighted by Gasteiger charge is -2.35. The van der Waals surface area contributed by atoms with Gasteiger partial charge in [0.2, 0.25) is 0 Å². The molecule has 0 unspecified atom stereocenters. The summed E-state index contributed by atoms with van der Waals surface area (Å²) in [5.41, 5.74) is -0.178. The van der Waals surface area contributed by atoms with Crippen molar-refractivity contribution in [1.82, 2.24) is 9.80 Å². The highest BCUT2D eigenvalue weighted by atomic mass is 19.1. The van der Waals surface area contributed by atoms with Crippen molar-refractivity contribution in [2.45, 2.75) is 31.7 Å². The van der Waals surface area contributed by atoms with E-state index >= 15 is 0 Å². The molecule has 1 amide bonds. The topological polar surface area (TPSA) is 32.8 Å². The Bertz CT molecular complexity index is 570. The molecule has 0 bridgehead atoms. The van der Waals surface area contributed by atoms with Gasteiger partial charge in [-0.1, -0.05) is 0 Å². The van der Waals surface area contributed by atoms with Gasteiger partial charge in [0.15, 0.2) is 0 Å². The highest BCUT2D eigenvalue weighted by Gasteiger charge is 2.29. The highest BCUT2D eigenvalue weighted by Crippen LogP contribution is 2.20. The average Bonchev–Trinajstić information content (AvgIpc) is 3.11. The first-order chi connectivity index (χ1) is 11.6. The van der Waals surface area contributed by atoms with E-state index in [1.807, 2.05) is 0 Å². The predicted octanol–water partition coefficient (Wildman–Crippen LogP) is 2.68. The summed E-state index contributed by atoms with van der Waals surface area (Å²) in [5, 5.41) is 0. The largest absolute Gasteiger partial charge is 0.381 e. The molecule has 0 N–H and O–H groups in total. The van der Waals surface area contributed by atoms with E-state index in [4.69, 9.17) is 4.74 Å². The van der Waals surface area contributed by atoms with Crippen molar-refractivity contribution in [3.05, 3.63) is 35.4 Å². The Kier molecular flexibility index (Phi) is 5.79. The van der Waals surface area contributed by atoms with Crippen LogP contribution in [-0.4, -0.2) is 61.1 Å². The smallest absolute Gasteiger partial charge is 0.257 e. The molecule has 0 aliphatic carbocycles. The van der Waals surface area contributed by atoms with Crippen molar-refractivity contribution in [2.75, 3.05) is 39.4 Å². The van der Waals surface area contributed by atoms with Crippen molar-refractivity contribution in [3.8, 4) is 0 Å². The molecule has 24 heavy (non-hydrogen) atoms. The van der Waals surface area contributed by atoms with E-state index in [-0.39, 0.29) is 11.6 Å². The number of hydrogen-bond donors (Lipinski definition) is 0. The molecule has 1 aromatic carbocycles. The van der Waals surface area contributed by atoms with E-state index in [1.165, 1.54) is 12.8 Å². The Balaban J connectivity index is 1.76. The van der Waals surface area contributed by atoms with Gasteiger partial charge in [-0.15, -0.1) is 0 Å². The first-order valence-electron chi connectivity index (χ1n) is 8.71. The van der Waals surface area contributed by atoms with Gasteiger partial charge in [-0.2, -0.15) is 0 Å². The number of halogens is 2. The third kappa shape index (κ3) is 4.11. The lowest BCUT2D eigenvalue weighted by molar-refractivity contribution is 0.0267. The van der Waals surface area contributed by atoms with Gasteiger partial charge in [-0.3, -0.25) is 4.79 Å². The zero-order valence-corrected chi connectivity index (χ0v) is 13.8. The zero-order valence-electron chi connectivity index (χ0n) is 13.8. The first kappa shape index (κ1) is 17.3. The number of rotatable bonds is 5. The molecule has 1 aromatic rings. The quantitative estimate of drug-likeness (QED) is 0.827. The second-order valence-corrected chi connectivity index (χ2v) is 6.52. The summed E-state index contributed by atoms with van der Waals surface area (Å²) in [7, 11) is 0. The molecule has 0 aromatic heterocycles. The van der Waals surface area contributed by atoms with E-state index < -0.39 is 17.5 Å². The number of carbonyl (C=O) groups is 1. The van der Waals surface area contributed by atoms with Crippen LogP contribution < -0.4 is 0 Å². The number of carbonyl (C=O) groups excluding carboxylic acids is 1. The summed E-state index contributed by atoms with van der Waals surface area (Å²) in [6.07, 6.45) is 3.85. The number of amides is 1. The third-order valence-electron chi connectivity index (χ3n) is 4.91. The van der Waals surface area contributed by atoms with Crippen LogP contribution in [0.2, 0.25) is 0 Å². The molecule has 0 spiro atoms. The van der Waals surface area contributed by atoms with Gasteiger partial charge in [0.05, 0.1) is 5.56 Å². The maximum atomic E-state index is 14.0. The molecule has 0 radical (unpaired) electrons. The van der Waals surface area contributed by atoms with Crippen LogP contribution in [0.15, 0.2) is 18.2 Å². The van der Waals surface area contributed by atoms with Gasteiger partial charge in [-0.25, -0.2) is 8.78 Å². The van der Waals surface area contributed by atoms with E-state index in [2.05, 4.69) is 4.90 Å². The fourth-order valence-electron chi connectivity index (χ4n) is 3.52. The normalized spacial score (nSPS) is 19.6. The minimum atomic E-state index is -0.667. The molecule has 0 saturated carbocycles. The van der Waals surface area contributed by atoms with Crippen molar-refractivity contribution in [1.29, 1.82) is 0 Å². The van der Waals surface area contributed by atoms with Crippen LogP contribution in [0.4, 0.5) is 8.78 Å². The molecule has 2 aliphatic rings. The zero-order chi connectivity index (χ0) is 16.9. The standard InChI is InChI=1S/C18H24F2N2O2/c19-14-3-4-17(20)16(13-14)18(23)22(15-5-11-24-12-6-15)10-9-21-7-1-2-8-21/h3-4,13,15H,1-2,5-12H2. The van der Waals surface area contributed by atoms with E-state index in [0.29, 0.717) is 19.8 Å².